The van der Waals surface area contributed by atoms with E-state index in [2.05, 4.69) is 20.8 Å². The summed E-state index contributed by atoms with van der Waals surface area (Å²) in [5.74, 6) is 0.0940. The predicted molar refractivity (Wildman–Crippen MR) is 82.7 cm³/mol. The summed E-state index contributed by atoms with van der Waals surface area (Å²) < 4.78 is 0. The number of carboxylic acids is 1. The lowest BCUT2D eigenvalue weighted by molar-refractivity contribution is -0.157. The molecule has 0 heterocycles. The molecule has 0 saturated heterocycles. The van der Waals surface area contributed by atoms with Crippen LogP contribution >= 0.6 is 0 Å². The van der Waals surface area contributed by atoms with Gasteiger partial charge in [-0.3, -0.25) is 4.79 Å². The van der Waals surface area contributed by atoms with Crippen LogP contribution in [0.5, 0.6) is 0 Å². The van der Waals surface area contributed by atoms with Crippen LogP contribution in [-0.2, 0) is 4.79 Å². The van der Waals surface area contributed by atoms with Crippen molar-refractivity contribution in [1.29, 1.82) is 0 Å². The highest BCUT2D eigenvalue weighted by Gasteiger charge is 2.52. The lowest BCUT2D eigenvalue weighted by Crippen LogP contribution is -2.49. The predicted octanol–water partition coefficient (Wildman–Crippen LogP) is 5.26. The quantitative estimate of drug-likeness (QED) is 0.765. The average molecular weight is 280 g/mol. The van der Waals surface area contributed by atoms with Crippen LogP contribution in [0.1, 0.15) is 85.0 Å². The van der Waals surface area contributed by atoms with Crippen molar-refractivity contribution in [2.24, 2.45) is 22.7 Å². The van der Waals surface area contributed by atoms with Crippen LogP contribution in [0.25, 0.3) is 0 Å². The van der Waals surface area contributed by atoms with Crippen molar-refractivity contribution >= 4 is 5.97 Å². The Labute approximate surface area is 124 Å². The Morgan fingerprint density at radius 2 is 1.65 bits per heavy atom. The van der Waals surface area contributed by atoms with E-state index in [9.17, 15) is 9.90 Å². The van der Waals surface area contributed by atoms with Gasteiger partial charge < -0.3 is 5.11 Å². The Morgan fingerprint density at radius 3 is 2.20 bits per heavy atom. The van der Waals surface area contributed by atoms with Gasteiger partial charge in [0.2, 0.25) is 0 Å². The largest absolute Gasteiger partial charge is 0.481 e. The first kappa shape index (κ1) is 15.9. The van der Waals surface area contributed by atoms with Gasteiger partial charge >= 0.3 is 5.97 Å². The molecule has 0 aromatic heterocycles. The third-order valence-corrected chi connectivity index (χ3v) is 6.20. The fourth-order valence-corrected chi connectivity index (χ4v) is 4.95. The minimum Gasteiger partial charge on any atom is -0.481 e. The molecular formula is C18H32O2. The summed E-state index contributed by atoms with van der Waals surface area (Å²) >= 11 is 0. The number of hydrogen-bond donors (Lipinski definition) is 1. The molecule has 0 aromatic rings. The normalized spacial score (nSPS) is 33.0. The average Bonchev–Trinajstić information content (AvgIpc) is 2.39. The maximum atomic E-state index is 11.9. The van der Waals surface area contributed by atoms with Crippen molar-refractivity contribution in [1.82, 2.24) is 0 Å². The number of rotatable bonds is 3. The van der Waals surface area contributed by atoms with E-state index in [1.807, 2.05) is 0 Å². The SMILES string of the molecule is CC(C)(C)C1(CC2CCCCC2)CCCCC1C(=O)O. The molecule has 2 fully saturated rings. The van der Waals surface area contributed by atoms with Crippen molar-refractivity contribution in [3.8, 4) is 0 Å². The zero-order chi connectivity index (χ0) is 14.8. The Morgan fingerprint density at radius 1 is 1.05 bits per heavy atom. The summed E-state index contributed by atoms with van der Waals surface area (Å²) in [6, 6.07) is 0. The lowest BCUT2D eigenvalue weighted by atomic mass is 9.51. The van der Waals surface area contributed by atoms with E-state index >= 15 is 0 Å². The molecule has 2 saturated carbocycles. The van der Waals surface area contributed by atoms with Crippen molar-refractivity contribution in [3.63, 3.8) is 0 Å². The fraction of sp³-hybridized carbons (Fsp3) is 0.944. The molecule has 0 bridgehead atoms. The van der Waals surface area contributed by atoms with Crippen molar-refractivity contribution in [3.05, 3.63) is 0 Å². The Hall–Kier alpha value is -0.530. The van der Waals surface area contributed by atoms with Gasteiger partial charge in [-0.25, -0.2) is 0 Å². The number of hydrogen-bond acceptors (Lipinski definition) is 1. The van der Waals surface area contributed by atoms with Crippen molar-refractivity contribution in [2.45, 2.75) is 85.0 Å². The second-order valence-electron chi connectivity index (χ2n) is 8.25. The van der Waals surface area contributed by atoms with Gasteiger partial charge in [0.05, 0.1) is 5.92 Å². The monoisotopic (exact) mass is 280 g/mol. The van der Waals surface area contributed by atoms with Gasteiger partial charge in [0, 0.05) is 0 Å². The van der Waals surface area contributed by atoms with Gasteiger partial charge in [0.25, 0.3) is 0 Å². The molecule has 2 aliphatic carbocycles. The molecule has 2 heteroatoms. The van der Waals surface area contributed by atoms with E-state index in [1.165, 1.54) is 38.5 Å². The molecule has 0 aromatic carbocycles. The molecular weight excluding hydrogens is 248 g/mol. The zero-order valence-corrected chi connectivity index (χ0v) is 13.6. The highest BCUT2D eigenvalue weighted by atomic mass is 16.4. The van der Waals surface area contributed by atoms with E-state index in [-0.39, 0.29) is 16.7 Å². The summed E-state index contributed by atoms with van der Waals surface area (Å²) in [5.41, 5.74) is 0.104. The van der Waals surface area contributed by atoms with Crippen LogP contribution in [0.4, 0.5) is 0 Å². The molecule has 0 spiro atoms. The molecule has 0 amide bonds. The number of carboxylic acid groups (broad SMARTS) is 1. The maximum absolute atomic E-state index is 11.9. The minimum atomic E-state index is -0.546. The summed E-state index contributed by atoms with van der Waals surface area (Å²) in [7, 11) is 0. The fourth-order valence-electron chi connectivity index (χ4n) is 4.95. The minimum absolute atomic E-state index is 0.0130. The molecule has 2 nitrogen and oxygen atoms in total. The molecule has 2 unspecified atom stereocenters. The summed E-state index contributed by atoms with van der Waals surface area (Å²) in [6.45, 7) is 6.82. The highest BCUT2D eigenvalue weighted by molar-refractivity contribution is 5.71. The Kier molecular flexibility index (Phi) is 4.81. The van der Waals surface area contributed by atoms with E-state index in [1.54, 1.807) is 0 Å². The number of aliphatic carboxylic acids is 1. The molecule has 2 rings (SSSR count). The summed E-state index contributed by atoms with van der Waals surface area (Å²) in [6.07, 6.45) is 12.2. The molecule has 0 radical (unpaired) electrons. The molecule has 1 N–H and O–H groups in total. The lowest BCUT2D eigenvalue weighted by Gasteiger charge is -2.53. The first-order chi connectivity index (χ1) is 9.37. The standard InChI is InChI=1S/C18H32O2/c1-17(2,3)18(13-14-9-5-4-6-10-14)12-8-7-11-15(18)16(19)20/h14-15H,4-13H2,1-3H3,(H,19,20). The second-order valence-corrected chi connectivity index (χ2v) is 8.25. The van der Waals surface area contributed by atoms with Gasteiger partial charge in [0.1, 0.15) is 0 Å². The van der Waals surface area contributed by atoms with Gasteiger partial charge in [0.15, 0.2) is 0 Å². The molecule has 116 valence electrons. The van der Waals surface area contributed by atoms with Crippen LogP contribution in [0.3, 0.4) is 0 Å². The topological polar surface area (TPSA) is 37.3 Å². The van der Waals surface area contributed by atoms with Crippen LogP contribution in [0.2, 0.25) is 0 Å². The van der Waals surface area contributed by atoms with E-state index in [0.717, 1.165) is 31.6 Å². The summed E-state index contributed by atoms with van der Waals surface area (Å²) in [4.78, 5) is 11.9. The first-order valence-corrected chi connectivity index (χ1v) is 8.60. The Balaban J connectivity index is 2.25. The second kappa shape index (κ2) is 6.07. The van der Waals surface area contributed by atoms with Gasteiger partial charge in [-0.1, -0.05) is 65.7 Å². The highest BCUT2D eigenvalue weighted by Crippen LogP contribution is 2.57. The molecule has 2 atom stereocenters. The van der Waals surface area contributed by atoms with Crippen LogP contribution in [0, 0.1) is 22.7 Å². The summed E-state index contributed by atoms with van der Waals surface area (Å²) in [5, 5.41) is 9.77. The van der Waals surface area contributed by atoms with Crippen molar-refractivity contribution < 1.29 is 9.90 Å². The molecule has 2 aliphatic rings. The maximum Gasteiger partial charge on any atom is 0.307 e. The van der Waals surface area contributed by atoms with Gasteiger partial charge in [-0.05, 0) is 36.0 Å². The van der Waals surface area contributed by atoms with Crippen molar-refractivity contribution in [2.75, 3.05) is 0 Å². The molecule has 20 heavy (non-hydrogen) atoms. The van der Waals surface area contributed by atoms with E-state index < -0.39 is 5.97 Å². The smallest absolute Gasteiger partial charge is 0.307 e. The van der Waals surface area contributed by atoms with Crippen LogP contribution in [0.15, 0.2) is 0 Å². The van der Waals surface area contributed by atoms with Gasteiger partial charge in [-0.2, -0.15) is 0 Å². The van der Waals surface area contributed by atoms with E-state index in [4.69, 9.17) is 0 Å². The third kappa shape index (κ3) is 3.04. The first-order valence-electron chi connectivity index (χ1n) is 8.60. The van der Waals surface area contributed by atoms with Gasteiger partial charge in [-0.15, -0.1) is 0 Å². The zero-order valence-electron chi connectivity index (χ0n) is 13.6. The van der Waals surface area contributed by atoms with E-state index in [0.29, 0.717) is 0 Å². The van der Waals surface area contributed by atoms with Crippen LogP contribution < -0.4 is 0 Å². The third-order valence-electron chi connectivity index (χ3n) is 6.20. The van der Waals surface area contributed by atoms with Crippen LogP contribution in [-0.4, -0.2) is 11.1 Å². The number of carbonyl (C=O) groups is 1. The Bertz CT molecular complexity index is 336. The molecule has 0 aliphatic heterocycles.